The molecule has 0 aromatic carbocycles. The molecule has 3 N–H and O–H groups in total. The Hall–Kier alpha value is -2.25. The molecule has 3 aromatic heterocycles. The summed E-state index contributed by atoms with van der Waals surface area (Å²) in [5, 5.41) is 16.9. The number of aromatic amines is 1. The molecule has 3 heterocycles. The second kappa shape index (κ2) is 10.4. The molecule has 1 aliphatic rings. The van der Waals surface area contributed by atoms with Crippen LogP contribution in [-0.4, -0.2) is 54.0 Å². The molecule has 4 rings (SSSR count). The zero-order valence-electron chi connectivity index (χ0n) is 17.4. The SMILES string of the molecule is CC([C-]=NC=[C-]C(=O)Nc1cc(C2CC2)[nH]n1)NC(=O)c1ncnc2c1cnn2C.[K+]. The maximum absolute atomic E-state index is 12.5. The molecule has 31 heavy (non-hydrogen) atoms. The van der Waals surface area contributed by atoms with E-state index in [1.54, 1.807) is 18.7 Å². The Morgan fingerprint density at radius 1 is 1.39 bits per heavy atom. The van der Waals surface area contributed by atoms with Crippen molar-refractivity contribution < 1.29 is 61.0 Å². The molecule has 0 aliphatic heterocycles. The van der Waals surface area contributed by atoms with E-state index in [0.717, 1.165) is 18.5 Å². The summed E-state index contributed by atoms with van der Waals surface area (Å²) in [5.41, 5.74) is 1.80. The van der Waals surface area contributed by atoms with Crippen LogP contribution in [0.1, 0.15) is 41.9 Å². The van der Waals surface area contributed by atoms with Gasteiger partial charge in [-0.2, -0.15) is 16.4 Å². The number of nitrogens with one attached hydrogen (secondary N) is 3. The molecule has 1 fully saturated rings. The van der Waals surface area contributed by atoms with Crippen LogP contribution >= 0.6 is 0 Å². The van der Waals surface area contributed by atoms with Crippen molar-refractivity contribution in [2.45, 2.75) is 31.7 Å². The van der Waals surface area contributed by atoms with Crippen molar-refractivity contribution in [1.82, 2.24) is 35.3 Å². The Bertz CT molecular complexity index is 1150. The number of fused-ring (bicyclic) bond motifs is 1. The van der Waals surface area contributed by atoms with Crippen LogP contribution in [0.25, 0.3) is 11.0 Å². The van der Waals surface area contributed by atoms with E-state index in [0.29, 0.717) is 22.8 Å². The van der Waals surface area contributed by atoms with E-state index < -0.39 is 17.9 Å². The summed E-state index contributed by atoms with van der Waals surface area (Å²) in [4.78, 5) is 36.3. The van der Waals surface area contributed by atoms with Gasteiger partial charge in [-0.3, -0.25) is 14.6 Å². The van der Waals surface area contributed by atoms with Crippen LogP contribution in [0.4, 0.5) is 5.82 Å². The third-order valence-electron chi connectivity index (χ3n) is 4.48. The minimum Gasteiger partial charge on any atom is -0.497 e. The molecule has 0 bridgehead atoms. The third-order valence-corrected chi connectivity index (χ3v) is 4.48. The van der Waals surface area contributed by atoms with Gasteiger partial charge < -0.3 is 32.7 Å². The van der Waals surface area contributed by atoms with Crippen molar-refractivity contribution in [3.63, 3.8) is 0 Å². The van der Waals surface area contributed by atoms with Gasteiger partial charge >= 0.3 is 51.4 Å². The van der Waals surface area contributed by atoms with Gasteiger partial charge in [0, 0.05) is 24.7 Å². The van der Waals surface area contributed by atoms with Crippen LogP contribution in [0.3, 0.4) is 0 Å². The first-order valence-electron chi connectivity index (χ1n) is 9.34. The second-order valence-corrected chi connectivity index (χ2v) is 6.89. The molecule has 0 radical (unpaired) electrons. The van der Waals surface area contributed by atoms with E-state index in [2.05, 4.69) is 53.2 Å². The first-order valence-corrected chi connectivity index (χ1v) is 9.34. The van der Waals surface area contributed by atoms with Crippen molar-refractivity contribution in [3.8, 4) is 0 Å². The van der Waals surface area contributed by atoms with E-state index in [9.17, 15) is 9.59 Å². The van der Waals surface area contributed by atoms with Crippen molar-refractivity contribution in [3.05, 3.63) is 42.3 Å². The first-order chi connectivity index (χ1) is 14.5. The molecular formula is C19H19KN9O2-. The Kier molecular flexibility index (Phi) is 7.83. The number of nitrogens with zero attached hydrogens (tertiary/aromatic N) is 6. The zero-order valence-corrected chi connectivity index (χ0v) is 20.5. The quantitative estimate of drug-likeness (QED) is 0.166. The molecule has 0 saturated heterocycles. The normalized spacial score (nSPS) is 14.6. The fourth-order valence-corrected chi connectivity index (χ4v) is 2.84. The van der Waals surface area contributed by atoms with Gasteiger partial charge in [-0.15, -0.1) is 0 Å². The monoisotopic (exact) mass is 444 g/mol. The number of amides is 2. The van der Waals surface area contributed by atoms with Crippen molar-refractivity contribution in [2.75, 3.05) is 5.32 Å². The average molecular weight is 445 g/mol. The standard InChI is InChI=1S/C19H19N9O2.K/c1-11(24-19(30)17-13-9-23-28(2)18(13)22-10-21-17)8-20-6-5-16(29)25-15-7-14(26-27-15)12-3-4-12;/h6-7,9-12H,3-4H2,1-2H3,(H,24,30)(H2,25,26,27,29);/q-2;+1. The van der Waals surface area contributed by atoms with Gasteiger partial charge in [-0.05, 0) is 18.9 Å². The van der Waals surface area contributed by atoms with Crippen LogP contribution in [0.15, 0.2) is 29.8 Å². The van der Waals surface area contributed by atoms with Crippen LogP contribution in [0.2, 0.25) is 0 Å². The number of carbonyl (C=O) groups is 2. The largest absolute Gasteiger partial charge is 1.00 e. The number of carbonyl (C=O) groups excluding carboxylic acids is 2. The van der Waals surface area contributed by atoms with E-state index in [4.69, 9.17) is 0 Å². The number of aromatic nitrogens is 6. The predicted octanol–water partition coefficient (Wildman–Crippen LogP) is -2.01. The number of aliphatic imine (C=N–C) groups is 1. The van der Waals surface area contributed by atoms with Crippen LogP contribution in [0.5, 0.6) is 0 Å². The number of hydrogen-bond acceptors (Lipinski definition) is 7. The third kappa shape index (κ3) is 5.92. The Balaban J connectivity index is 0.00000272. The van der Waals surface area contributed by atoms with Crippen molar-refractivity contribution in [2.24, 2.45) is 12.0 Å². The summed E-state index contributed by atoms with van der Waals surface area (Å²) in [6.07, 6.45) is 11.5. The van der Waals surface area contributed by atoms with Crippen molar-refractivity contribution in [1.29, 1.82) is 0 Å². The topological polar surface area (TPSA) is 143 Å². The number of anilines is 1. The average Bonchev–Trinajstić information content (AvgIpc) is 3.36. The molecule has 2 amide bonds. The molecule has 11 nitrogen and oxygen atoms in total. The van der Waals surface area contributed by atoms with Gasteiger partial charge in [0.15, 0.2) is 11.5 Å². The minimum absolute atomic E-state index is 0. The molecule has 1 atom stereocenters. The molecule has 3 aromatic rings. The van der Waals surface area contributed by atoms with Gasteiger partial charge in [0.05, 0.1) is 17.5 Å². The van der Waals surface area contributed by atoms with Crippen molar-refractivity contribution >= 4 is 34.9 Å². The van der Waals surface area contributed by atoms with Gasteiger partial charge in [0.25, 0.3) is 5.91 Å². The molecule has 1 aliphatic carbocycles. The summed E-state index contributed by atoms with van der Waals surface area (Å²) in [7, 11) is 1.73. The molecule has 12 heteroatoms. The Labute approximate surface area is 220 Å². The van der Waals surface area contributed by atoms with Crippen LogP contribution in [-0.2, 0) is 11.8 Å². The van der Waals surface area contributed by atoms with E-state index in [-0.39, 0.29) is 57.1 Å². The van der Waals surface area contributed by atoms with Crippen LogP contribution < -0.4 is 62.0 Å². The Morgan fingerprint density at radius 3 is 2.97 bits per heavy atom. The fraction of sp³-hybridized carbons (Fsp3) is 0.316. The van der Waals surface area contributed by atoms with Gasteiger partial charge in [0.1, 0.15) is 12.0 Å². The zero-order chi connectivity index (χ0) is 21.1. The predicted molar refractivity (Wildman–Crippen MR) is 108 cm³/mol. The smallest absolute Gasteiger partial charge is 0.497 e. The molecule has 154 valence electrons. The summed E-state index contributed by atoms with van der Waals surface area (Å²) in [6.45, 7) is 1.69. The summed E-state index contributed by atoms with van der Waals surface area (Å²) in [6, 6.07) is 1.30. The van der Waals surface area contributed by atoms with E-state index in [1.807, 2.05) is 6.07 Å². The summed E-state index contributed by atoms with van der Waals surface area (Å²) < 4.78 is 1.56. The summed E-state index contributed by atoms with van der Waals surface area (Å²) >= 11 is 0. The minimum atomic E-state index is -0.521. The molecule has 0 spiro atoms. The number of hydrogen-bond donors (Lipinski definition) is 3. The molecular weight excluding hydrogens is 425 g/mol. The first kappa shape index (κ1) is 23.4. The number of H-pyrrole nitrogens is 1. The van der Waals surface area contributed by atoms with Crippen LogP contribution in [0, 0.1) is 6.08 Å². The number of aryl methyl sites for hydroxylation is 1. The van der Waals surface area contributed by atoms with E-state index in [1.165, 1.54) is 18.7 Å². The van der Waals surface area contributed by atoms with Gasteiger partial charge in [0.2, 0.25) is 0 Å². The van der Waals surface area contributed by atoms with Gasteiger partial charge in [-0.1, -0.05) is 6.92 Å². The fourth-order valence-electron chi connectivity index (χ4n) is 2.84. The Morgan fingerprint density at radius 2 is 2.19 bits per heavy atom. The second-order valence-electron chi connectivity index (χ2n) is 6.89. The maximum Gasteiger partial charge on any atom is 1.00 e. The maximum atomic E-state index is 12.5. The molecule has 1 saturated carbocycles. The summed E-state index contributed by atoms with van der Waals surface area (Å²) in [5.74, 6) is 0.0884. The van der Waals surface area contributed by atoms with E-state index >= 15 is 0 Å². The number of rotatable bonds is 7. The van der Waals surface area contributed by atoms with Gasteiger partial charge in [-0.25, -0.2) is 9.97 Å². The molecule has 1 unspecified atom stereocenters.